The van der Waals surface area contributed by atoms with Crippen molar-refractivity contribution in [2.45, 2.75) is 20.0 Å². The monoisotopic (exact) mass is 440 g/mol. The Labute approximate surface area is 191 Å². The van der Waals surface area contributed by atoms with E-state index < -0.39 is 0 Å². The number of piperazine rings is 1. The predicted molar refractivity (Wildman–Crippen MR) is 130 cm³/mol. The number of guanidine groups is 1. The van der Waals surface area contributed by atoms with Gasteiger partial charge in [-0.15, -0.1) is 0 Å². The second-order valence-corrected chi connectivity index (χ2v) is 7.99. The van der Waals surface area contributed by atoms with Crippen LogP contribution in [0.3, 0.4) is 0 Å². The summed E-state index contributed by atoms with van der Waals surface area (Å²) in [6.45, 7) is 8.15. The molecule has 2 aromatic rings. The van der Waals surface area contributed by atoms with Gasteiger partial charge in [0.1, 0.15) is 17.3 Å². The van der Waals surface area contributed by atoms with Crippen LogP contribution in [0.2, 0.25) is 0 Å². The number of aromatic nitrogens is 1. The van der Waals surface area contributed by atoms with Crippen molar-refractivity contribution in [1.82, 2.24) is 20.1 Å². The van der Waals surface area contributed by atoms with E-state index in [1.54, 1.807) is 14.2 Å². The van der Waals surface area contributed by atoms with Crippen molar-refractivity contribution >= 4 is 11.8 Å². The average Bonchev–Trinajstić information content (AvgIpc) is 2.82. The number of hydrogen-bond donors (Lipinski definition) is 1. The first-order valence-electron chi connectivity index (χ1n) is 11.1. The number of benzene rings is 1. The molecule has 0 aliphatic carbocycles. The summed E-state index contributed by atoms with van der Waals surface area (Å²) in [5.74, 6) is 3.67. The van der Waals surface area contributed by atoms with Crippen LogP contribution in [0.5, 0.6) is 11.5 Å². The molecule has 174 valence electrons. The summed E-state index contributed by atoms with van der Waals surface area (Å²) >= 11 is 0. The van der Waals surface area contributed by atoms with Gasteiger partial charge >= 0.3 is 0 Å². The smallest absolute Gasteiger partial charge is 0.194 e. The molecule has 0 saturated carbocycles. The first-order valence-corrected chi connectivity index (χ1v) is 11.1. The molecule has 0 unspecified atom stereocenters. The number of methoxy groups -OCH3 is 2. The van der Waals surface area contributed by atoms with Gasteiger partial charge in [0.2, 0.25) is 0 Å². The molecule has 0 amide bonds. The Morgan fingerprint density at radius 1 is 1.09 bits per heavy atom. The number of pyridine rings is 1. The van der Waals surface area contributed by atoms with E-state index in [-0.39, 0.29) is 0 Å². The quantitative estimate of drug-likeness (QED) is 0.500. The van der Waals surface area contributed by atoms with Crippen LogP contribution in [-0.4, -0.2) is 81.8 Å². The maximum absolute atomic E-state index is 5.55. The van der Waals surface area contributed by atoms with Gasteiger partial charge in [-0.1, -0.05) is 6.07 Å². The summed E-state index contributed by atoms with van der Waals surface area (Å²) in [5.41, 5.74) is 2.27. The van der Waals surface area contributed by atoms with Crippen molar-refractivity contribution < 1.29 is 9.47 Å². The average molecular weight is 441 g/mol. The summed E-state index contributed by atoms with van der Waals surface area (Å²) in [5, 5.41) is 3.46. The van der Waals surface area contributed by atoms with Crippen molar-refractivity contribution in [2.24, 2.45) is 4.99 Å². The second kappa shape index (κ2) is 11.6. The molecule has 0 bridgehead atoms. The maximum Gasteiger partial charge on any atom is 0.194 e. The minimum atomic E-state index is 0.602. The number of rotatable bonds is 8. The molecule has 1 aliphatic rings. The van der Waals surface area contributed by atoms with Crippen molar-refractivity contribution in [1.29, 1.82) is 0 Å². The summed E-state index contributed by atoms with van der Waals surface area (Å²) < 4.78 is 10.9. The largest absolute Gasteiger partial charge is 0.497 e. The van der Waals surface area contributed by atoms with Crippen LogP contribution in [0, 0.1) is 0 Å². The number of aliphatic imine (C=N–C) groups is 1. The van der Waals surface area contributed by atoms with Crippen molar-refractivity contribution in [3.8, 4) is 11.5 Å². The molecular weight excluding hydrogens is 404 g/mol. The standard InChI is InChI=1S/C24H36N6O2/c1-6-25-24(27-17-19-8-7-11-26-23(19)28(2)3)30-14-12-29(13-15-30)18-20-16-21(31-4)9-10-22(20)32-5/h7-11,16H,6,12-15,17-18H2,1-5H3,(H,25,27). The fraction of sp³-hybridized carbons (Fsp3) is 0.500. The van der Waals surface area contributed by atoms with Gasteiger partial charge in [0.15, 0.2) is 5.96 Å². The molecule has 1 fully saturated rings. The van der Waals surface area contributed by atoms with E-state index >= 15 is 0 Å². The Morgan fingerprint density at radius 2 is 1.88 bits per heavy atom. The molecule has 1 aromatic heterocycles. The highest BCUT2D eigenvalue weighted by molar-refractivity contribution is 5.80. The van der Waals surface area contributed by atoms with Crippen molar-refractivity contribution in [2.75, 3.05) is 65.9 Å². The molecule has 8 heteroatoms. The summed E-state index contributed by atoms with van der Waals surface area (Å²) in [6, 6.07) is 10.0. The fourth-order valence-corrected chi connectivity index (χ4v) is 3.91. The van der Waals surface area contributed by atoms with Crippen LogP contribution in [-0.2, 0) is 13.1 Å². The molecule has 1 aliphatic heterocycles. The van der Waals surface area contributed by atoms with E-state index in [1.165, 1.54) is 0 Å². The number of hydrogen-bond acceptors (Lipinski definition) is 6. The van der Waals surface area contributed by atoms with Crippen LogP contribution in [0.15, 0.2) is 41.5 Å². The molecule has 3 rings (SSSR count). The lowest BCUT2D eigenvalue weighted by molar-refractivity contribution is 0.171. The highest BCUT2D eigenvalue weighted by atomic mass is 16.5. The molecule has 2 heterocycles. The molecule has 0 radical (unpaired) electrons. The third-order valence-corrected chi connectivity index (χ3v) is 5.58. The van der Waals surface area contributed by atoms with Crippen LogP contribution < -0.4 is 19.7 Å². The molecule has 8 nitrogen and oxygen atoms in total. The zero-order valence-electron chi connectivity index (χ0n) is 20.0. The lowest BCUT2D eigenvalue weighted by Gasteiger charge is -2.36. The minimum Gasteiger partial charge on any atom is -0.497 e. The number of anilines is 1. The van der Waals surface area contributed by atoms with Crippen LogP contribution in [0.1, 0.15) is 18.1 Å². The Balaban J connectivity index is 1.64. The van der Waals surface area contributed by atoms with Crippen LogP contribution in [0.25, 0.3) is 0 Å². The number of ether oxygens (including phenoxy) is 2. The highest BCUT2D eigenvalue weighted by Gasteiger charge is 2.21. The summed E-state index contributed by atoms with van der Waals surface area (Å²) in [4.78, 5) is 16.2. The minimum absolute atomic E-state index is 0.602. The Kier molecular flexibility index (Phi) is 8.56. The normalized spacial score (nSPS) is 14.9. The van der Waals surface area contributed by atoms with Gasteiger partial charge in [-0.05, 0) is 31.2 Å². The zero-order chi connectivity index (χ0) is 22.9. The number of nitrogens with zero attached hydrogens (tertiary/aromatic N) is 5. The zero-order valence-corrected chi connectivity index (χ0v) is 20.0. The molecular formula is C24H36N6O2. The number of nitrogens with one attached hydrogen (secondary N) is 1. The van der Waals surface area contributed by atoms with E-state index in [1.807, 2.05) is 43.4 Å². The van der Waals surface area contributed by atoms with E-state index in [2.05, 4.69) is 39.2 Å². The predicted octanol–water partition coefficient (Wildman–Crippen LogP) is 2.45. The fourth-order valence-electron chi connectivity index (χ4n) is 3.91. The van der Waals surface area contributed by atoms with E-state index in [0.717, 1.165) is 73.7 Å². The lowest BCUT2D eigenvalue weighted by atomic mass is 10.1. The van der Waals surface area contributed by atoms with Crippen LogP contribution >= 0.6 is 0 Å². The van der Waals surface area contributed by atoms with E-state index in [9.17, 15) is 0 Å². The van der Waals surface area contributed by atoms with Gasteiger partial charge in [-0.2, -0.15) is 0 Å². The van der Waals surface area contributed by atoms with Gasteiger partial charge in [0.05, 0.1) is 20.8 Å². The Bertz CT molecular complexity index is 894. The lowest BCUT2D eigenvalue weighted by Crippen LogP contribution is -2.52. The van der Waals surface area contributed by atoms with Crippen LogP contribution in [0.4, 0.5) is 5.82 Å². The third kappa shape index (κ3) is 6.03. The molecule has 0 spiro atoms. The first-order chi connectivity index (χ1) is 15.5. The van der Waals surface area contributed by atoms with E-state index in [0.29, 0.717) is 6.54 Å². The summed E-state index contributed by atoms with van der Waals surface area (Å²) in [6.07, 6.45) is 1.82. The molecule has 1 aromatic carbocycles. The van der Waals surface area contributed by atoms with Crippen molar-refractivity contribution in [3.63, 3.8) is 0 Å². The Hall–Kier alpha value is -3.00. The second-order valence-electron chi connectivity index (χ2n) is 7.99. The summed E-state index contributed by atoms with van der Waals surface area (Å²) in [7, 11) is 7.43. The van der Waals surface area contributed by atoms with Gasteiger partial charge < -0.3 is 24.6 Å². The van der Waals surface area contributed by atoms with Gasteiger partial charge in [0.25, 0.3) is 0 Å². The highest BCUT2D eigenvalue weighted by Crippen LogP contribution is 2.25. The molecule has 1 saturated heterocycles. The molecule has 1 N–H and O–H groups in total. The van der Waals surface area contributed by atoms with Gasteiger partial charge in [-0.25, -0.2) is 9.98 Å². The maximum atomic E-state index is 5.55. The van der Waals surface area contributed by atoms with Gasteiger partial charge in [0, 0.05) is 70.7 Å². The SMILES string of the molecule is CCNC(=NCc1cccnc1N(C)C)N1CCN(Cc2cc(OC)ccc2OC)CC1. The third-order valence-electron chi connectivity index (χ3n) is 5.58. The van der Waals surface area contributed by atoms with Gasteiger partial charge in [-0.3, -0.25) is 4.90 Å². The van der Waals surface area contributed by atoms with Crippen molar-refractivity contribution in [3.05, 3.63) is 47.7 Å². The molecule has 0 atom stereocenters. The van der Waals surface area contributed by atoms with E-state index in [4.69, 9.17) is 14.5 Å². The molecule has 32 heavy (non-hydrogen) atoms. The topological polar surface area (TPSA) is 65.5 Å². The first kappa shape index (κ1) is 23.7. The Morgan fingerprint density at radius 3 is 2.53 bits per heavy atom.